The number of amides is 2. The van der Waals surface area contributed by atoms with Crippen LogP contribution in [-0.2, 0) is 20.8 Å². The summed E-state index contributed by atoms with van der Waals surface area (Å²) in [5, 5.41) is 11.7. The maximum atomic E-state index is 12.0. The lowest BCUT2D eigenvalue weighted by Gasteiger charge is -2.26. The molecular formula is C16H20N2O4. The number of carboxylic acids is 1. The van der Waals surface area contributed by atoms with Crippen LogP contribution in [0, 0.1) is 0 Å². The van der Waals surface area contributed by atoms with Crippen molar-refractivity contribution in [3.63, 3.8) is 0 Å². The first-order valence-corrected chi connectivity index (χ1v) is 7.40. The lowest BCUT2D eigenvalue weighted by atomic mass is 10.1. The topological polar surface area (TPSA) is 86.7 Å². The van der Waals surface area contributed by atoms with E-state index in [1.165, 1.54) is 4.90 Å². The number of benzene rings is 1. The van der Waals surface area contributed by atoms with E-state index < -0.39 is 17.9 Å². The zero-order chi connectivity index (χ0) is 15.9. The van der Waals surface area contributed by atoms with E-state index in [2.05, 4.69) is 5.32 Å². The Bertz CT molecular complexity index is 544. The Balaban J connectivity index is 1.91. The minimum absolute atomic E-state index is 0.0451. The molecule has 118 valence electrons. The molecule has 1 fully saturated rings. The first-order chi connectivity index (χ1) is 10.6. The van der Waals surface area contributed by atoms with Crippen molar-refractivity contribution >= 4 is 17.8 Å². The van der Waals surface area contributed by atoms with Gasteiger partial charge in [0.05, 0.1) is 6.54 Å². The van der Waals surface area contributed by atoms with E-state index in [1.807, 2.05) is 30.3 Å². The monoisotopic (exact) mass is 304 g/mol. The molecule has 1 aromatic carbocycles. The van der Waals surface area contributed by atoms with Gasteiger partial charge in [-0.15, -0.1) is 0 Å². The molecule has 1 aliphatic rings. The van der Waals surface area contributed by atoms with Crippen molar-refractivity contribution < 1.29 is 19.5 Å². The number of aliphatic carboxylic acids is 1. The van der Waals surface area contributed by atoms with Gasteiger partial charge in [0.15, 0.2) is 0 Å². The molecule has 1 atom stereocenters. The summed E-state index contributed by atoms with van der Waals surface area (Å²) < 4.78 is 0. The molecule has 0 spiro atoms. The van der Waals surface area contributed by atoms with Gasteiger partial charge in [-0.2, -0.15) is 0 Å². The van der Waals surface area contributed by atoms with Gasteiger partial charge in [-0.05, 0) is 18.4 Å². The number of rotatable bonds is 6. The summed E-state index contributed by atoms with van der Waals surface area (Å²) in [5.74, 6) is -1.56. The van der Waals surface area contributed by atoms with E-state index in [4.69, 9.17) is 0 Å². The highest BCUT2D eigenvalue weighted by molar-refractivity contribution is 5.88. The lowest BCUT2D eigenvalue weighted by Crippen LogP contribution is -2.48. The van der Waals surface area contributed by atoms with E-state index in [9.17, 15) is 19.5 Å². The Labute approximate surface area is 129 Å². The number of carbonyl (C=O) groups excluding carboxylic acids is 2. The molecule has 2 N–H and O–H groups in total. The van der Waals surface area contributed by atoms with Gasteiger partial charge in [0.2, 0.25) is 11.8 Å². The molecule has 0 radical (unpaired) electrons. The van der Waals surface area contributed by atoms with Crippen LogP contribution in [0.25, 0.3) is 0 Å². The Hall–Kier alpha value is -2.37. The second-order valence-electron chi connectivity index (χ2n) is 5.42. The molecule has 1 saturated heterocycles. The number of nitrogens with one attached hydrogen (secondary N) is 1. The number of carbonyl (C=O) groups is 3. The van der Waals surface area contributed by atoms with Gasteiger partial charge in [-0.3, -0.25) is 9.59 Å². The van der Waals surface area contributed by atoms with Gasteiger partial charge < -0.3 is 15.3 Å². The molecule has 0 aliphatic carbocycles. The summed E-state index contributed by atoms with van der Waals surface area (Å²) >= 11 is 0. The summed E-state index contributed by atoms with van der Waals surface area (Å²) in [5.41, 5.74) is 0.837. The van der Waals surface area contributed by atoms with E-state index in [-0.39, 0.29) is 18.9 Å². The number of piperidine rings is 1. The van der Waals surface area contributed by atoms with Crippen molar-refractivity contribution in [1.29, 1.82) is 0 Å². The lowest BCUT2D eigenvalue weighted by molar-refractivity contribution is -0.143. The summed E-state index contributed by atoms with van der Waals surface area (Å²) in [6.45, 7) is 0.486. The highest BCUT2D eigenvalue weighted by atomic mass is 16.4. The van der Waals surface area contributed by atoms with Gasteiger partial charge in [0.1, 0.15) is 6.04 Å². The molecule has 0 unspecified atom stereocenters. The van der Waals surface area contributed by atoms with E-state index >= 15 is 0 Å². The highest BCUT2D eigenvalue weighted by Gasteiger charge is 2.24. The van der Waals surface area contributed by atoms with Gasteiger partial charge >= 0.3 is 5.97 Å². The quantitative estimate of drug-likeness (QED) is 0.814. The Morgan fingerprint density at radius 1 is 1.23 bits per heavy atom. The van der Waals surface area contributed by atoms with Crippen LogP contribution in [-0.4, -0.2) is 46.9 Å². The molecule has 0 bridgehead atoms. The molecule has 6 nitrogen and oxygen atoms in total. The van der Waals surface area contributed by atoms with Crippen LogP contribution >= 0.6 is 0 Å². The van der Waals surface area contributed by atoms with Crippen molar-refractivity contribution in [2.24, 2.45) is 0 Å². The van der Waals surface area contributed by atoms with Crippen LogP contribution in [0.5, 0.6) is 0 Å². The van der Waals surface area contributed by atoms with Gasteiger partial charge in [-0.1, -0.05) is 30.3 Å². The summed E-state index contributed by atoms with van der Waals surface area (Å²) in [6, 6.07) is 8.13. The number of hydrogen-bond acceptors (Lipinski definition) is 3. The summed E-state index contributed by atoms with van der Waals surface area (Å²) in [4.78, 5) is 36.5. The van der Waals surface area contributed by atoms with E-state index in [0.29, 0.717) is 13.0 Å². The number of carboxylic acid groups (broad SMARTS) is 1. The van der Waals surface area contributed by atoms with Crippen molar-refractivity contribution in [3.8, 4) is 0 Å². The fourth-order valence-corrected chi connectivity index (χ4v) is 2.49. The van der Waals surface area contributed by atoms with Crippen LogP contribution in [0.1, 0.15) is 24.8 Å². The third kappa shape index (κ3) is 4.58. The first kappa shape index (κ1) is 16.0. The van der Waals surface area contributed by atoms with Gasteiger partial charge in [-0.25, -0.2) is 4.79 Å². The molecule has 0 saturated carbocycles. The fraction of sp³-hybridized carbons (Fsp3) is 0.438. The SMILES string of the molecule is O=C(CN1CCCCC1=O)N[C@H](Cc1ccccc1)C(=O)O. The van der Waals surface area contributed by atoms with Crippen LogP contribution in [0.3, 0.4) is 0 Å². The number of likely N-dealkylation sites (tertiary alicyclic amines) is 1. The van der Waals surface area contributed by atoms with Crippen molar-refractivity contribution in [2.45, 2.75) is 31.7 Å². The molecule has 2 amide bonds. The standard InChI is InChI=1S/C16H20N2O4/c19-14(11-18-9-5-4-8-15(18)20)17-13(16(21)22)10-12-6-2-1-3-7-12/h1-3,6-7,13H,4-5,8-11H2,(H,17,19)(H,21,22)/t13-/m1/s1. The van der Waals surface area contributed by atoms with Crippen LogP contribution in [0.2, 0.25) is 0 Å². The molecule has 1 aromatic rings. The number of hydrogen-bond donors (Lipinski definition) is 2. The average molecular weight is 304 g/mol. The Kier molecular flexibility index (Phi) is 5.52. The second-order valence-corrected chi connectivity index (χ2v) is 5.42. The zero-order valence-corrected chi connectivity index (χ0v) is 12.3. The van der Waals surface area contributed by atoms with Gasteiger partial charge in [0.25, 0.3) is 0 Å². The predicted molar refractivity (Wildman–Crippen MR) is 80.1 cm³/mol. The molecule has 2 rings (SSSR count). The second kappa shape index (κ2) is 7.59. The Morgan fingerprint density at radius 3 is 2.59 bits per heavy atom. The summed E-state index contributed by atoms with van der Waals surface area (Å²) in [7, 11) is 0. The molecule has 1 heterocycles. The molecule has 22 heavy (non-hydrogen) atoms. The largest absolute Gasteiger partial charge is 0.480 e. The van der Waals surface area contributed by atoms with Crippen molar-refractivity contribution in [3.05, 3.63) is 35.9 Å². The van der Waals surface area contributed by atoms with Gasteiger partial charge in [0, 0.05) is 19.4 Å². The van der Waals surface area contributed by atoms with E-state index in [0.717, 1.165) is 18.4 Å². The first-order valence-electron chi connectivity index (χ1n) is 7.40. The third-order valence-electron chi connectivity index (χ3n) is 3.67. The average Bonchev–Trinajstić information content (AvgIpc) is 2.50. The molecular weight excluding hydrogens is 284 g/mol. The minimum atomic E-state index is -1.08. The Morgan fingerprint density at radius 2 is 1.95 bits per heavy atom. The third-order valence-corrected chi connectivity index (χ3v) is 3.67. The molecule has 0 aromatic heterocycles. The maximum absolute atomic E-state index is 12.0. The molecule has 1 aliphatic heterocycles. The number of nitrogens with zero attached hydrogens (tertiary/aromatic N) is 1. The fourth-order valence-electron chi connectivity index (χ4n) is 2.49. The molecule has 6 heteroatoms. The van der Waals surface area contributed by atoms with Crippen LogP contribution in [0.4, 0.5) is 0 Å². The smallest absolute Gasteiger partial charge is 0.326 e. The minimum Gasteiger partial charge on any atom is -0.480 e. The predicted octanol–water partition coefficient (Wildman–Crippen LogP) is 0.811. The van der Waals surface area contributed by atoms with Crippen LogP contribution in [0.15, 0.2) is 30.3 Å². The summed E-state index contributed by atoms with van der Waals surface area (Å²) in [6.07, 6.45) is 2.41. The van der Waals surface area contributed by atoms with Crippen LogP contribution < -0.4 is 5.32 Å². The van der Waals surface area contributed by atoms with Crippen molar-refractivity contribution in [1.82, 2.24) is 10.2 Å². The highest BCUT2D eigenvalue weighted by Crippen LogP contribution is 2.10. The normalized spacial score (nSPS) is 16.2. The van der Waals surface area contributed by atoms with E-state index in [1.54, 1.807) is 0 Å². The van der Waals surface area contributed by atoms with Crippen molar-refractivity contribution in [2.75, 3.05) is 13.1 Å². The maximum Gasteiger partial charge on any atom is 0.326 e. The zero-order valence-electron chi connectivity index (χ0n) is 12.3.